The van der Waals surface area contributed by atoms with E-state index >= 15 is 0 Å². The van der Waals surface area contributed by atoms with Crippen molar-refractivity contribution in [3.05, 3.63) is 22.2 Å². The van der Waals surface area contributed by atoms with E-state index in [1.165, 1.54) is 0 Å². The number of halogens is 1. The summed E-state index contributed by atoms with van der Waals surface area (Å²) in [5.74, 6) is 1.17. The van der Waals surface area contributed by atoms with Gasteiger partial charge in [-0.15, -0.1) is 0 Å². The van der Waals surface area contributed by atoms with Crippen LogP contribution in [0.25, 0.3) is 0 Å². The van der Waals surface area contributed by atoms with Crippen LogP contribution in [0.5, 0.6) is 0 Å². The highest BCUT2D eigenvalue weighted by molar-refractivity contribution is 6.30. The summed E-state index contributed by atoms with van der Waals surface area (Å²) in [4.78, 5) is 11.0. The molecule has 1 aromatic heterocycles. The highest BCUT2D eigenvalue weighted by Crippen LogP contribution is 2.25. The Morgan fingerprint density at radius 1 is 1.25 bits per heavy atom. The van der Waals surface area contributed by atoms with Crippen LogP contribution >= 0.6 is 11.6 Å². The van der Waals surface area contributed by atoms with Gasteiger partial charge in [0.05, 0.1) is 6.54 Å². The van der Waals surface area contributed by atoms with Gasteiger partial charge in [0.2, 0.25) is 0 Å². The molecule has 0 aliphatic heterocycles. The van der Waals surface area contributed by atoms with Crippen molar-refractivity contribution < 1.29 is 0 Å². The summed E-state index contributed by atoms with van der Waals surface area (Å²) in [5, 5.41) is 0.610. The molecule has 1 rings (SSSR count). The molecule has 0 unspecified atom stereocenters. The number of hydrogen-bond donors (Lipinski definition) is 0. The molecule has 0 aliphatic rings. The van der Waals surface area contributed by atoms with Crippen LogP contribution in [0, 0.1) is 0 Å². The summed E-state index contributed by atoms with van der Waals surface area (Å²) in [7, 11) is 4.00. The predicted octanol–water partition coefficient (Wildman–Crippen LogP) is 2.88. The summed E-state index contributed by atoms with van der Waals surface area (Å²) >= 11 is 6.22. The van der Waals surface area contributed by atoms with Gasteiger partial charge in [-0.3, -0.25) is 0 Å². The molecular formula is C12H20ClN3. The first-order valence-electron chi connectivity index (χ1n) is 5.65. The third-order valence-corrected chi connectivity index (χ3v) is 2.68. The molecule has 1 aromatic rings. The Kier molecular flexibility index (Phi) is 4.69. The standard InChI is InChI=1S/C12H20ClN3/c1-6-9-11(8(2)3)12(13)15-10(14-9)7-16(4)5/h8H,6-7H2,1-5H3. The quantitative estimate of drug-likeness (QED) is 0.759. The van der Waals surface area contributed by atoms with E-state index in [9.17, 15) is 0 Å². The van der Waals surface area contributed by atoms with Crippen LogP contribution < -0.4 is 0 Å². The minimum atomic E-state index is 0.371. The fourth-order valence-electron chi connectivity index (χ4n) is 1.73. The minimum Gasteiger partial charge on any atom is -0.302 e. The van der Waals surface area contributed by atoms with E-state index in [1.807, 2.05) is 19.0 Å². The highest BCUT2D eigenvalue weighted by Gasteiger charge is 2.14. The first kappa shape index (κ1) is 13.4. The lowest BCUT2D eigenvalue weighted by Gasteiger charge is -2.15. The summed E-state index contributed by atoms with van der Waals surface area (Å²) in [6.07, 6.45) is 0.899. The summed E-state index contributed by atoms with van der Waals surface area (Å²) < 4.78 is 0. The average Bonchev–Trinajstić information content (AvgIpc) is 2.14. The molecule has 0 fully saturated rings. The molecule has 0 atom stereocenters. The van der Waals surface area contributed by atoms with Gasteiger partial charge in [0.1, 0.15) is 11.0 Å². The molecule has 0 saturated heterocycles. The monoisotopic (exact) mass is 241 g/mol. The zero-order chi connectivity index (χ0) is 12.3. The fourth-order valence-corrected chi connectivity index (χ4v) is 2.15. The van der Waals surface area contributed by atoms with E-state index in [-0.39, 0.29) is 0 Å². The van der Waals surface area contributed by atoms with Gasteiger partial charge in [0.15, 0.2) is 0 Å². The second kappa shape index (κ2) is 5.60. The van der Waals surface area contributed by atoms with Crippen molar-refractivity contribution in [1.29, 1.82) is 0 Å². The molecule has 1 heterocycles. The molecule has 0 amide bonds. The van der Waals surface area contributed by atoms with Crippen LogP contribution in [0.3, 0.4) is 0 Å². The number of aromatic nitrogens is 2. The van der Waals surface area contributed by atoms with Crippen molar-refractivity contribution in [1.82, 2.24) is 14.9 Å². The average molecular weight is 242 g/mol. The van der Waals surface area contributed by atoms with Crippen LogP contribution in [0.2, 0.25) is 5.15 Å². The van der Waals surface area contributed by atoms with Gasteiger partial charge in [0.25, 0.3) is 0 Å². The van der Waals surface area contributed by atoms with Crippen LogP contribution in [0.4, 0.5) is 0 Å². The Bertz CT molecular complexity index is 362. The Morgan fingerprint density at radius 2 is 1.88 bits per heavy atom. The van der Waals surface area contributed by atoms with Gasteiger partial charge in [0, 0.05) is 11.3 Å². The lowest BCUT2D eigenvalue weighted by molar-refractivity contribution is 0.389. The molecule has 0 bridgehead atoms. The molecule has 3 nitrogen and oxygen atoms in total. The number of nitrogens with zero attached hydrogens (tertiary/aromatic N) is 3. The maximum absolute atomic E-state index is 6.22. The van der Waals surface area contributed by atoms with E-state index < -0.39 is 0 Å². The smallest absolute Gasteiger partial charge is 0.144 e. The zero-order valence-electron chi connectivity index (χ0n) is 10.7. The SMILES string of the molecule is CCc1nc(CN(C)C)nc(Cl)c1C(C)C. The molecule has 0 N–H and O–H groups in total. The third kappa shape index (κ3) is 3.16. The molecule has 90 valence electrons. The van der Waals surface area contributed by atoms with E-state index in [1.54, 1.807) is 0 Å². The van der Waals surface area contributed by atoms with E-state index in [0.717, 1.165) is 30.0 Å². The van der Waals surface area contributed by atoms with Crippen molar-refractivity contribution in [3.63, 3.8) is 0 Å². The molecule has 16 heavy (non-hydrogen) atoms. The van der Waals surface area contributed by atoms with Crippen molar-refractivity contribution in [2.24, 2.45) is 0 Å². The molecule has 0 spiro atoms. The van der Waals surface area contributed by atoms with Crippen LogP contribution in [0.1, 0.15) is 43.8 Å². The maximum Gasteiger partial charge on any atom is 0.144 e. The van der Waals surface area contributed by atoms with E-state index in [0.29, 0.717) is 11.1 Å². The normalized spacial score (nSPS) is 11.5. The Balaban J connectivity index is 3.16. The van der Waals surface area contributed by atoms with Gasteiger partial charge in [-0.25, -0.2) is 9.97 Å². The largest absolute Gasteiger partial charge is 0.302 e. The first-order chi connectivity index (χ1) is 7.45. The molecular weight excluding hydrogens is 222 g/mol. The summed E-state index contributed by atoms with van der Waals surface area (Å²) in [6.45, 7) is 7.07. The molecule has 0 aromatic carbocycles. The summed E-state index contributed by atoms with van der Waals surface area (Å²) in [6, 6.07) is 0. The topological polar surface area (TPSA) is 29.0 Å². The number of aryl methyl sites for hydroxylation is 1. The minimum absolute atomic E-state index is 0.371. The maximum atomic E-state index is 6.22. The van der Waals surface area contributed by atoms with Crippen molar-refractivity contribution in [3.8, 4) is 0 Å². The van der Waals surface area contributed by atoms with Gasteiger partial charge in [-0.1, -0.05) is 32.4 Å². The van der Waals surface area contributed by atoms with E-state index in [2.05, 4.69) is 30.7 Å². The van der Waals surface area contributed by atoms with Crippen molar-refractivity contribution in [2.75, 3.05) is 14.1 Å². The molecule has 0 radical (unpaired) electrons. The molecule has 0 aliphatic carbocycles. The lowest BCUT2D eigenvalue weighted by atomic mass is 10.0. The predicted molar refractivity (Wildman–Crippen MR) is 67.9 cm³/mol. The Labute approximate surface area is 103 Å². The second-order valence-corrected chi connectivity index (χ2v) is 4.90. The highest BCUT2D eigenvalue weighted by atomic mass is 35.5. The number of rotatable bonds is 4. The van der Waals surface area contributed by atoms with Crippen molar-refractivity contribution >= 4 is 11.6 Å². The fraction of sp³-hybridized carbons (Fsp3) is 0.667. The van der Waals surface area contributed by atoms with Crippen LogP contribution in [-0.4, -0.2) is 29.0 Å². The molecule has 4 heteroatoms. The molecule has 0 saturated carbocycles. The van der Waals surface area contributed by atoms with Crippen LogP contribution in [-0.2, 0) is 13.0 Å². The summed E-state index contributed by atoms with van der Waals surface area (Å²) in [5.41, 5.74) is 2.17. The second-order valence-electron chi connectivity index (χ2n) is 4.54. The van der Waals surface area contributed by atoms with Crippen molar-refractivity contribution in [2.45, 2.75) is 39.7 Å². The Hall–Kier alpha value is -0.670. The van der Waals surface area contributed by atoms with Gasteiger partial charge < -0.3 is 4.90 Å². The van der Waals surface area contributed by atoms with Gasteiger partial charge in [-0.05, 0) is 26.4 Å². The lowest BCUT2D eigenvalue weighted by Crippen LogP contribution is -2.15. The van der Waals surface area contributed by atoms with Gasteiger partial charge in [-0.2, -0.15) is 0 Å². The number of hydrogen-bond acceptors (Lipinski definition) is 3. The van der Waals surface area contributed by atoms with Crippen LogP contribution in [0.15, 0.2) is 0 Å². The first-order valence-corrected chi connectivity index (χ1v) is 6.03. The third-order valence-electron chi connectivity index (χ3n) is 2.39. The van der Waals surface area contributed by atoms with E-state index in [4.69, 9.17) is 11.6 Å². The van der Waals surface area contributed by atoms with Gasteiger partial charge >= 0.3 is 0 Å². The Morgan fingerprint density at radius 3 is 2.31 bits per heavy atom. The zero-order valence-corrected chi connectivity index (χ0v) is 11.5.